The Morgan fingerprint density at radius 2 is 0.929 bits per heavy atom. The number of halogens is 1. The molecule has 22 unspecified atom stereocenters. The Bertz CT molecular complexity index is 4920. The van der Waals surface area contributed by atoms with Gasteiger partial charge in [0.2, 0.25) is 5.91 Å². The summed E-state index contributed by atoms with van der Waals surface area (Å²) in [4.78, 5) is 72.8. The third-order valence-electron chi connectivity index (χ3n) is 30.1. The molecule has 112 heavy (non-hydrogen) atoms. The number of aromatic hydroxyl groups is 2. The first-order valence-electron chi connectivity index (χ1n) is 40.2. The van der Waals surface area contributed by atoms with Gasteiger partial charge in [-0.1, -0.05) is 77.9 Å². The number of aliphatic hydroxyl groups excluding tert-OH is 6. The van der Waals surface area contributed by atoms with E-state index in [0.29, 0.717) is 116 Å². The Morgan fingerprint density at radius 3 is 1.36 bits per heavy atom. The van der Waals surface area contributed by atoms with E-state index < -0.39 is 36.2 Å². The zero-order valence-electron chi connectivity index (χ0n) is 64.6. The van der Waals surface area contributed by atoms with Crippen LogP contribution in [0.1, 0.15) is 189 Å². The maximum atomic E-state index is 13.5. The molecular formula is C90H109ClN2O19. The highest BCUT2D eigenvalue weighted by atomic mass is 35.5. The Labute approximate surface area is 657 Å². The van der Waals surface area contributed by atoms with E-state index in [1.807, 2.05) is 0 Å². The van der Waals surface area contributed by atoms with Gasteiger partial charge in [-0.3, -0.25) is 19.2 Å². The summed E-state index contributed by atoms with van der Waals surface area (Å²) in [5.41, 5.74) is 9.44. The molecule has 1 amide bonds. The molecule has 2 aliphatic heterocycles. The van der Waals surface area contributed by atoms with Gasteiger partial charge in [0.1, 0.15) is 34.2 Å². The molecule has 0 bridgehead atoms. The van der Waals surface area contributed by atoms with Gasteiger partial charge in [-0.2, -0.15) is 0 Å². The van der Waals surface area contributed by atoms with E-state index in [4.69, 9.17) is 19.7 Å². The van der Waals surface area contributed by atoms with E-state index in [1.165, 1.54) is 48.5 Å². The predicted octanol–water partition coefficient (Wildman–Crippen LogP) is 14.3. The van der Waals surface area contributed by atoms with Crippen molar-refractivity contribution in [2.45, 2.75) is 207 Å². The fourth-order valence-electron chi connectivity index (χ4n) is 24.3. The minimum Gasteiger partial charge on any atom is -0.507 e. The first-order valence-corrected chi connectivity index (χ1v) is 40.2. The Kier molecular flexibility index (Phi) is 23.3. The largest absolute Gasteiger partial charge is 0.507 e. The molecule has 600 valence electrons. The molecule has 21 nitrogen and oxygen atoms in total. The second-order valence-electron chi connectivity index (χ2n) is 35.3. The van der Waals surface area contributed by atoms with E-state index in [9.17, 15) is 79.8 Å². The van der Waals surface area contributed by atoms with Crippen molar-refractivity contribution >= 4 is 58.2 Å². The lowest BCUT2D eigenvalue weighted by Crippen LogP contribution is -2.62. The molecule has 22 atom stereocenters. The van der Waals surface area contributed by atoms with Crippen LogP contribution in [0, 0.1) is 92.7 Å². The standard InChI is InChI=1S/C45H53NO9.C24H40O5.C21H15NO5.ClH/c1-23(32-12-13-33-41-34(21-38(51)45(32,33)3)44(2)17-16-26(48)18-24(44)19-36(41)50)8-15-39(52)46-22-31-35(49)14-11-30-40(27-6-4-5-7-28(27)43(53)54)29-10-9-25(47)20-37(29)55-42(30)31;1-13(4-7-21(28)29)16-5-6-17-22-18(12-20(27)24(16,17)3)23(2)9-8-15(25)10-14(23)11-19(22)26;22-10-16-17(24)8-7-15-19(12-3-1-2-4-13(12)21(25)26)14-6-5-11(23)9-18(14)27-20(15)16;/h4-7,9-11,14,20,23-24,26,32-34,36,38,41,48-51H,8,12-13,15-19,21-22H2,1-3H3,(H,46,52)(H,53,54);13-20,22,25-27H,4-12H2,1-3H3,(H,28,29);1-9,24H,10,22H2,(H,25,26);1H. The summed E-state index contributed by atoms with van der Waals surface area (Å²) in [6, 6.07) is 28.2. The van der Waals surface area contributed by atoms with Crippen molar-refractivity contribution in [3.63, 3.8) is 0 Å². The van der Waals surface area contributed by atoms with Crippen molar-refractivity contribution in [1.29, 1.82) is 0 Å². The first kappa shape index (κ1) is 81.8. The summed E-state index contributed by atoms with van der Waals surface area (Å²) in [5, 5.41) is 121. The van der Waals surface area contributed by atoms with Crippen LogP contribution in [0.15, 0.2) is 128 Å². The third kappa shape index (κ3) is 14.3. The van der Waals surface area contributed by atoms with Crippen LogP contribution in [0.3, 0.4) is 0 Å². The number of aromatic carboxylic acids is 2. The molecule has 0 spiro atoms. The smallest absolute Gasteiger partial charge is 0.336 e. The molecule has 0 radical (unpaired) electrons. The molecule has 0 aromatic heterocycles. The van der Waals surface area contributed by atoms with Gasteiger partial charge < -0.3 is 76.1 Å². The molecule has 22 heteroatoms. The van der Waals surface area contributed by atoms with Crippen LogP contribution >= 0.6 is 12.4 Å². The minimum atomic E-state index is -1.11. The lowest BCUT2D eigenvalue weighted by molar-refractivity contribution is -0.207. The Morgan fingerprint density at radius 1 is 0.509 bits per heavy atom. The number of rotatable bonds is 15. The second-order valence-corrected chi connectivity index (χ2v) is 35.3. The minimum absolute atomic E-state index is 0. The van der Waals surface area contributed by atoms with E-state index in [-0.39, 0.29) is 176 Å². The average molecular weight is 1560 g/mol. The lowest BCUT2D eigenvalue weighted by atomic mass is 9.43. The first-order chi connectivity index (χ1) is 52.8. The van der Waals surface area contributed by atoms with Gasteiger partial charge in [0, 0.05) is 64.5 Å². The molecular weight excluding hydrogens is 1450 g/mol. The number of benzene rings is 6. The molecule has 8 saturated carbocycles. The number of carbonyl (C=O) groups is 4. The van der Waals surface area contributed by atoms with Crippen molar-refractivity contribution < 1.29 is 84.2 Å². The number of nitrogens with two attached hydrogens (primary N) is 1. The average Bonchev–Trinajstić information content (AvgIpc) is 1.40. The number of aliphatic carboxylic acids is 1. The van der Waals surface area contributed by atoms with E-state index in [1.54, 1.807) is 60.7 Å². The monoisotopic (exact) mass is 1560 g/mol. The number of nitrogens with one attached hydrogen (secondary N) is 1. The van der Waals surface area contributed by atoms with Crippen LogP contribution in [0.25, 0.3) is 66.8 Å². The van der Waals surface area contributed by atoms with Gasteiger partial charge in [0.05, 0.1) is 65.4 Å². The Hall–Kier alpha value is -8.25. The number of amides is 1. The normalized spacial score (nSPS) is 32.8. The van der Waals surface area contributed by atoms with Crippen molar-refractivity contribution in [2.75, 3.05) is 0 Å². The van der Waals surface area contributed by atoms with Gasteiger partial charge in [-0.25, -0.2) is 9.59 Å². The van der Waals surface area contributed by atoms with Crippen LogP contribution in [-0.4, -0.2) is 117 Å². The van der Waals surface area contributed by atoms with Gasteiger partial charge in [0.25, 0.3) is 0 Å². The molecule has 14 N–H and O–H groups in total. The molecule has 12 aliphatic rings. The van der Waals surface area contributed by atoms with E-state index >= 15 is 0 Å². The number of carboxylic acids is 3. The van der Waals surface area contributed by atoms with Crippen LogP contribution in [-0.2, 0) is 22.7 Å². The molecule has 10 aliphatic carbocycles. The summed E-state index contributed by atoms with van der Waals surface area (Å²) < 4.78 is 12.1. The van der Waals surface area contributed by atoms with E-state index in [0.717, 1.165) is 77.0 Å². The van der Waals surface area contributed by atoms with E-state index in [2.05, 4.69) is 46.9 Å². The van der Waals surface area contributed by atoms with Gasteiger partial charge in [-0.05, 0) is 267 Å². The molecule has 0 saturated heterocycles. The summed E-state index contributed by atoms with van der Waals surface area (Å²) in [7, 11) is 0. The van der Waals surface area contributed by atoms with Crippen LogP contribution < -0.4 is 21.9 Å². The van der Waals surface area contributed by atoms with Gasteiger partial charge >= 0.3 is 17.9 Å². The van der Waals surface area contributed by atoms with Crippen LogP contribution in [0.4, 0.5) is 0 Å². The summed E-state index contributed by atoms with van der Waals surface area (Å²) >= 11 is 0. The van der Waals surface area contributed by atoms with Crippen molar-refractivity contribution in [2.24, 2.45) is 98.4 Å². The fourth-order valence-corrected chi connectivity index (χ4v) is 24.3. The van der Waals surface area contributed by atoms with Gasteiger partial charge in [0.15, 0.2) is 10.9 Å². The highest BCUT2D eigenvalue weighted by molar-refractivity contribution is 6.10. The quantitative estimate of drug-likeness (QED) is 0.0424. The fraction of sp³-hybridized carbons (Fsp3) is 0.533. The number of aliphatic hydroxyl groups is 6. The maximum absolute atomic E-state index is 13.5. The maximum Gasteiger partial charge on any atom is 0.336 e. The second kappa shape index (κ2) is 31.9. The number of fused-ring (bicyclic) bond motifs is 14. The van der Waals surface area contributed by atoms with Crippen LogP contribution in [0.2, 0.25) is 0 Å². The van der Waals surface area contributed by atoms with Crippen molar-refractivity contribution in [1.82, 2.24) is 5.32 Å². The molecule has 16 rings (SSSR count). The summed E-state index contributed by atoms with van der Waals surface area (Å²) in [6.45, 7) is 13.4. The number of hydrogen-bond acceptors (Lipinski definition) is 17. The molecule has 2 heterocycles. The van der Waals surface area contributed by atoms with Crippen molar-refractivity contribution in [3.05, 3.63) is 152 Å². The zero-order chi connectivity index (χ0) is 79.2. The summed E-state index contributed by atoms with van der Waals surface area (Å²) in [6.07, 6.45) is 11.3. The predicted molar refractivity (Wildman–Crippen MR) is 426 cm³/mol. The highest BCUT2D eigenvalue weighted by Gasteiger charge is 2.68. The third-order valence-corrected chi connectivity index (χ3v) is 30.1. The topological polar surface area (TPSA) is 389 Å². The molecule has 8 fully saturated rings. The summed E-state index contributed by atoms with van der Waals surface area (Å²) in [5.74, 6) is 0.170. The van der Waals surface area contributed by atoms with Crippen molar-refractivity contribution in [3.8, 4) is 56.4 Å². The number of phenolic OH excluding ortho intramolecular Hbond substituents is 2. The number of hydrogen-bond donors (Lipinski definition) is 13. The number of carbonyl (C=O) groups excluding carboxylic acids is 1. The number of carboxylic acid groups (broad SMARTS) is 3. The molecule has 4 aromatic rings. The van der Waals surface area contributed by atoms with Crippen LogP contribution in [0.5, 0.6) is 11.5 Å². The highest BCUT2D eigenvalue weighted by Crippen LogP contribution is 2.71. The molecule has 4 aromatic carbocycles. The lowest BCUT2D eigenvalue weighted by Gasteiger charge is -2.63. The number of phenols is 2. The zero-order valence-corrected chi connectivity index (χ0v) is 65.4. The van der Waals surface area contributed by atoms with Gasteiger partial charge in [-0.15, -0.1) is 12.4 Å². The Balaban J connectivity index is 0.000000162. The SMILES string of the molecule is CC(CCC(=O)NCc1c(O)ccc2c(-c3ccccc3C(=O)O)c3ccc(=O)cc-3oc12)C1CCC2C3C(O)CC4CC(O)CCC4(C)C3CC(O)C12C.CC(CCC(=O)O)C1CCC2C3C(O)CC4CC(O)CCC4(C)C3CC(O)C12C.Cl.NCc1c(O)ccc2c(-c3ccccc3C(=O)O)c3ccc(=O)cc-3oc12.